The summed E-state index contributed by atoms with van der Waals surface area (Å²) in [4.78, 5) is 15.0. The largest absolute Gasteiger partial charge is 0.416 e. The molecule has 0 atom stereocenters. The number of carbonyl (C=O) groups excluding carboxylic acids is 1. The van der Waals surface area contributed by atoms with Gasteiger partial charge in [0.05, 0.1) is 5.56 Å². The lowest BCUT2D eigenvalue weighted by atomic mass is 9.95. The molecular formula is C26H27F3N2O. The van der Waals surface area contributed by atoms with Crippen molar-refractivity contribution in [1.82, 2.24) is 9.47 Å². The highest BCUT2D eigenvalue weighted by atomic mass is 19.4. The van der Waals surface area contributed by atoms with E-state index in [1.165, 1.54) is 12.1 Å². The van der Waals surface area contributed by atoms with Crippen LogP contribution in [-0.4, -0.2) is 34.9 Å². The number of fused-ring (bicyclic) bond motifs is 1. The van der Waals surface area contributed by atoms with Gasteiger partial charge in [-0.1, -0.05) is 42.5 Å². The molecule has 0 unspecified atom stereocenters. The smallest absolute Gasteiger partial charge is 0.350 e. The zero-order valence-electron chi connectivity index (χ0n) is 18.1. The van der Waals surface area contributed by atoms with Gasteiger partial charge in [0, 0.05) is 36.3 Å². The minimum Gasteiger partial charge on any atom is -0.350 e. The Labute approximate surface area is 186 Å². The van der Waals surface area contributed by atoms with E-state index >= 15 is 0 Å². The van der Waals surface area contributed by atoms with Crippen LogP contribution in [0.15, 0.2) is 66.9 Å². The number of hydrogen-bond donors (Lipinski definition) is 0. The van der Waals surface area contributed by atoms with E-state index in [-0.39, 0.29) is 5.78 Å². The molecule has 0 saturated carbocycles. The van der Waals surface area contributed by atoms with Crippen LogP contribution >= 0.6 is 0 Å². The van der Waals surface area contributed by atoms with Gasteiger partial charge in [-0.25, -0.2) is 0 Å². The molecule has 0 amide bonds. The number of aryl methyl sites for hydroxylation is 1. The van der Waals surface area contributed by atoms with Crippen LogP contribution in [0.3, 0.4) is 0 Å². The number of likely N-dealkylation sites (tertiary alicyclic amines) is 1. The van der Waals surface area contributed by atoms with Gasteiger partial charge in [-0.3, -0.25) is 4.79 Å². The molecule has 32 heavy (non-hydrogen) atoms. The molecule has 0 aliphatic carbocycles. The monoisotopic (exact) mass is 440 g/mol. The summed E-state index contributed by atoms with van der Waals surface area (Å²) in [6.45, 7) is 2.51. The summed E-state index contributed by atoms with van der Waals surface area (Å²) >= 11 is 0. The molecule has 0 radical (unpaired) electrons. The van der Waals surface area contributed by atoms with Crippen LogP contribution in [-0.2, 0) is 19.6 Å². The number of piperidine rings is 1. The van der Waals surface area contributed by atoms with Crippen molar-refractivity contribution >= 4 is 16.7 Å². The van der Waals surface area contributed by atoms with E-state index in [1.54, 1.807) is 12.1 Å². The van der Waals surface area contributed by atoms with Gasteiger partial charge in [0.25, 0.3) is 0 Å². The predicted octanol–water partition coefficient (Wildman–Crippen LogP) is 5.89. The van der Waals surface area contributed by atoms with E-state index in [9.17, 15) is 18.0 Å². The van der Waals surface area contributed by atoms with Crippen molar-refractivity contribution in [2.75, 3.05) is 19.6 Å². The van der Waals surface area contributed by atoms with Crippen LogP contribution in [0.4, 0.5) is 13.2 Å². The number of hydrogen-bond acceptors (Lipinski definition) is 2. The summed E-state index contributed by atoms with van der Waals surface area (Å²) < 4.78 is 40.6. The summed E-state index contributed by atoms with van der Waals surface area (Å²) in [6, 6.07) is 13.5. The predicted molar refractivity (Wildman–Crippen MR) is 121 cm³/mol. The fourth-order valence-electron chi connectivity index (χ4n) is 4.41. The highest BCUT2D eigenvalue weighted by molar-refractivity contribution is 6.13. The fraction of sp³-hybridized carbons (Fsp3) is 0.346. The van der Waals surface area contributed by atoms with Crippen LogP contribution in [0.5, 0.6) is 0 Å². The number of carbonyl (C=O) groups is 1. The average molecular weight is 441 g/mol. The first-order chi connectivity index (χ1) is 15.3. The minimum absolute atomic E-state index is 0.0220. The normalized spacial score (nSPS) is 16.2. The van der Waals surface area contributed by atoms with E-state index < -0.39 is 11.7 Å². The second-order valence-corrected chi connectivity index (χ2v) is 8.52. The van der Waals surface area contributed by atoms with Crippen molar-refractivity contribution in [3.05, 3.63) is 83.6 Å². The van der Waals surface area contributed by atoms with Gasteiger partial charge in [0.2, 0.25) is 0 Å². The second-order valence-electron chi connectivity index (χ2n) is 8.52. The van der Waals surface area contributed by atoms with E-state index in [0.29, 0.717) is 17.9 Å². The molecule has 168 valence electrons. The SMILES string of the molecule is Cn1cc(C(=O)C=CC2CCN(CCc3cccc(C(F)(F)F)c3)CC2)c2ccccc21. The standard InChI is InChI=1S/C26H27F3N2O/c1-30-18-23(22-7-2-3-8-24(22)30)25(32)10-9-19-11-14-31(15-12-19)16-13-20-5-4-6-21(17-20)26(27,28)29/h2-10,17-19H,11-16H2,1H3. The number of alkyl halides is 3. The highest BCUT2D eigenvalue weighted by Gasteiger charge is 2.30. The number of rotatable bonds is 6. The van der Waals surface area contributed by atoms with Crippen LogP contribution < -0.4 is 0 Å². The van der Waals surface area contributed by atoms with Gasteiger partial charge in [0.1, 0.15) is 0 Å². The van der Waals surface area contributed by atoms with Crippen molar-refractivity contribution in [2.45, 2.75) is 25.4 Å². The maximum atomic E-state index is 12.9. The molecule has 2 aromatic carbocycles. The van der Waals surface area contributed by atoms with E-state index in [0.717, 1.165) is 55.0 Å². The number of halogens is 3. The van der Waals surface area contributed by atoms with Crippen LogP contribution in [0.2, 0.25) is 0 Å². The highest BCUT2D eigenvalue weighted by Crippen LogP contribution is 2.30. The first kappa shape index (κ1) is 22.3. The Morgan fingerprint density at radius 1 is 1.09 bits per heavy atom. The number of para-hydroxylation sites is 1. The number of allylic oxidation sites excluding steroid dienone is 2. The molecule has 0 N–H and O–H groups in total. The summed E-state index contributed by atoms with van der Waals surface area (Å²) in [5.41, 5.74) is 1.88. The molecule has 6 heteroatoms. The molecule has 1 aromatic heterocycles. The number of benzene rings is 2. The summed E-state index contributed by atoms with van der Waals surface area (Å²) in [6.07, 6.45) is 3.80. The first-order valence-corrected chi connectivity index (χ1v) is 11.0. The van der Waals surface area contributed by atoms with Crippen LogP contribution in [0, 0.1) is 5.92 Å². The molecule has 3 aromatic rings. The third-order valence-electron chi connectivity index (χ3n) is 6.29. The molecular weight excluding hydrogens is 413 g/mol. The van der Waals surface area contributed by atoms with Crippen molar-refractivity contribution in [2.24, 2.45) is 13.0 Å². The summed E-state index contributed by atoms with van der Waals surface area (Å²) in [5.74, 6) is 0.368. The number of nitrogens with zero attached hydrogens (tertiary/aromatic N) is 2. The minimum atomic E-state index is -4.30. The Bertz CT molecular complexity index is 1120. The van der Waals surface area contributed by atoms with Crippen molar-refractivity contribution in [3.63, 3.8) is 0 Å². The Hall–Kier alpha value is -2.86. The van der Waals surface area contributed by atoms with Gasteiger partial charge in [0.15, 0.2) is 5.78 Å². The molecule has 4 rings (SSSR count). The van der Waals surface area contributed by atoms with Crippen LogP contribution in [0.25, 0.3) is 10.9 Å². The molecule has 2 heterocycles. The third kappa shape index (κ3) is 5.13. The Balaban J connectivity index is 1.28. The lowest BCUT2D eigenvalue weighted by Gasteiger charge is -2.30. The van der Waals surface area contributed by atoms with Crippen molar-refractivity contribution in [3.8, 4) is 0 Å². The Morgan fingerprint density at radius 3 is 2.59 bits per heavy atom. The molecule has 0 bridgehead atoms. The maximum Gasteiger partial charge on any atom is 0.416 e. The zero-order chi connectivity index (χ0) is 22.7. The summed E-state index contributed by atoms with van der Waals surface area (Å²) in [5, 5.41) is 0.967. The lowest BCUT2D eigenvalue weighted by molar-refractivity contribution is -0.137. The maximum absolute atomic E-state index is 12.9. The lowest BCUT2D eigenvalue weighted by Crippen LogP contribution is -2.34. The van der Waals surface area contributed by atoms with Gasteiger partial charge in [-0.05, 0) is 62.0 Å². The second kappa shape index (κ2) is 9.33. The van der Waals surface area contributed by atoms with Gasteiger partial charge >= 0.3 is 6.18 Å². The van der Waals surface area contributed by atoms with Crippen molar-refractivity contribution in [1.29, 1.82) is 0 Å². The first-order valence-electron chi connectivity index (χ1n) is 11.0. The average Bonchev–Trinajstić information content (AvgIpc) is 3.13. The molecule has 1 fully saturated rings. The van der Waals surface area contributed by atoms with E-state index in [1.807, 2.05) is 48.2 Å². The molecule has 1 saturated heterocycles. The number of ketones is 1. The fourth-order valence-corrected chi connectivity index (χ4v) is 4.41. The topological polar surface area (TPSA) is 25.2 Å². The Morgan fingerprint density at radius 2 is 1.84 bits per heavy atom. The quantitative estimate of drug-likeness (QED) is 0.353. The summed E-state index contributed by atoms with van der Waals surface area (Å²) in [7, 11) is 1.94. The molecule has 3 nitrogen and oxygen atoms in total. The molecule has 1 aliphatic heterocycles. The van der Waals surface area contributed by atoms with Crippen molar-refractivity contribution < 1.29 is 18.0 Å². The zero-order valence-corrected chi connectivity index (χ0v) is 18.1. The van der Waals surface area contributed by atoms with Crippen LogP contribution in [0.1, 0.15) is 34.3 Å². The molecule has 0 spiro atoms. The third-order valence-corrected chi connectivity index (χ3v) is 6.29. The Kier molecular flexibility index (Phi) is 6.51. The van der Waals surface area contributed by atoms with E-state index in [4.69, 9.17) is 0 Å². The van der Waals surface area contributed by atoms with Gasteiger partial charge in [-0.15, -0.1) is 0 Å². The molecule has 1 aliphatic rings. The van der Waals surface area contributed by atoms with Gasteiger partial charge in [-0.2, -0.15) is 13.2 Å². The van der Waals surface area contributed by atoms with E-state index in [2.05, 4.69) is 4.90 Å². The van der Waals surface area contributed by atoms with Gasteiger partial charge < -0.3 is 9.47 Å². The number of aromatic nitrogens is 1.